The molecule has 1 heterocycles. The summed E-state index contributed by atoms with van der Waals surface area (Å²) in [5.74, 6) is -0.950. The molecule has 0 aliphatic rings. The molecule has 0 spiro atoms. The fourth-order valence-corrected chi connectivity index (χ4v) is 2.38. The molecule has 0 amide bonds. The Bertz CT molecular complexity index is 620. The van der Waals surface area contributed by atoms with Crippen molar-refractivity contribution in [3.8, 4) is 5.69 Å². The van der Waals surface area contributed by atoms with E-state index in [1.807, 2.05) is 19.9 Å². The van der Waals surface area contributed by atoms with Gasteiger partial charge < -0.3 is 5.11 Å². The molecule has 2 rings (SSSR count). The Hall–Kier alpha value is -1.81. The Morgan fingerprint density at radius 2 is 2.11 bits per heavy atom. The van der Waals surface area contributed by atoms with Gasteiger partial charge in [-0.25, -0.2) is 9.48 Å². The Kier molecular flexibility index (Phi) is 3.90. The van der Waals surface area contributed by atoms with E-state index in [0.29, 0.717) is 5.02 Å². The number of hydrogen-bond donors (Lipinski definition) is 1. The molecule has 0 aliphatic heterocycles. The van der Waals surface area contributed by atoms with Gasteiger partial charge in [-0.3, -0.25) is 0 Å². The van der Waals surface area contributed by atoms with Crippen molar-refractivity contribution in [2.75, 3.05) is 0 Å². The van der Waals surface area contributed by atoms with Gasteiger partial charge >= 0.3 is 5.97 Å². The van der Waals surface area contributed by atoms with E-state index in [1.54, 1.807) is 22.9 Å². The molecule has 4 nitrogen and oxygen atoms in total. The SMILES string of the molecule is CCc1nn(-c2cccc(C(=O)O)c2)c(CC)c1Cl. The molecule has 100 valence electrons. The van der Waals surface area contributed by atoms with E-state index in [0.717, 1.165) is 29.9 Å². The molecule has 1 aromatic carbocycles. The summed E-state index contributed by atoms with van der Waals surface area (Å²) in [5.41, 5.74) is 2.70. The second-order valence-corrected chi connectivity index (χ2v) is 4.56. The average molecular weight is 279 g/mol. The monoisotopic (exact) mass is 278 g/mol. The van der Waals surface area contributed by atoms with Gasteiger partial charge in [-0.1, -0.05) is 31.5 Å². The molecule has 0 bridgehead atoms. The Morgan fingerprint density at radius 1 is 1.37 bits per heavy atom. The standard InChI is InChI=1S/C14H15ClN2O2/c1-3-11-13(15)12(4-2)17(16-11)10-7-5-6-9(8-10)14(18)19/h5-8H,3-4H2,1-2H3,(H,18,19). The summed E-state index contributed by atoms with van der Waals surface area (Å²) in [7, 11) is 0. The van der Waals surface area contributed by atoms with E-state index in [1.165, 1.54) is 0 Å². The van der Waals surface area contributed by atoms with E-state index in [-0.39, 0.29) is 5.56 Å². The van der Waals surface area contributed by atoms with Gasteiger partial charge in [-0.15, -0.1) is 0 Å². The Labute approximate surface area is 116 Å². The smallest absolute Gasteiger partial charge is 0.335 e. The molecule has 1 aromatic heterocycles. The van der Waals surface area contributed by atoms with Crippen LogP contribution in [0.1, 0.15) is 35.6 Å². The van der Waals surface area contributed by atoms with Crippen molar-refractivity contribution in [2.45, 2.75) is 26.7 Å². The van der Waals surface area contributed by atoms with Crippen molar-refractivity contribution in [1.29, 1.82) is 0 Å². The van der Waals surface area contributed by atoms with Crippen molar-refractivity contribution >= 4 is 17.6 Å². The topological polar surface area (TPSA) is 55.1 Å². The van der Waals surface area contributed by atoms with Crippen LogP contribution in [0.15, 0.2) is 24.3 Å². The van der Waals surface area contributed by atoms with E-state index < -0.39 is 5.97 Å². The number of nitrogens with zero attached hydrogens (tertiary/aromatic N) is 2. The predicted molar refractivity (Wildman–Crippen MR) is 74.3 cm³/mol. The molecule has 0 aliphatic carbocycles. The second kappa shape index (κ2) is 5.45. The van der Waals surface area contributed by atoms with Crippen LogP contribution in [0.3, 0.4) is 0 Å². The second-order valence-electron chi connectivity index (χ2n) is 4.18. The van der Waals surface area contributed by atoms with Crippen LogP contribution in [0.4, 0.5) is 0 Å². The maximum atomic E-state index is 11.0. The van der Waals surface area contributed by atoms with Crippen molar-refractivity contribution in [3.05, 3.63) is 46.2 Å². The third-order valence-electron chi connectivity index (χ3n) is 2.99. The summed E-state index contributed by atoms with van der Waals surface area (Å²) >= 11 is 6.28. The first-order valence-electron chi connectivity index (χ1n) is 6.18. The summed E-state index contributed by atoms with van der Waals surface area (Å²) < 4.78 is 1.73. The molecule has 2 aromatic rings. The van der Waals surface area contributed by atoms with Gasteiger partial charge in [-0.2, -0.15) is 5.10 Å². The van der Waals surface area contributed by atoms with Crippen LogP contribution in [0.25, 0.3) is 5.69 Å². The number of rotatable bonds is 4. The summed E-state index contributed by atoms with van der Waals surface area (Å²) in [5, 5.41) is 14.2. The molecule has 5 heteroatoms. The van der Waals surface area contributed by atoms with Crippen LogP contribution in [0.2, 0.25) is 5.02 Å². The fraction of sp³-hybridized carbons (Fsp3) is 0.286. The van der Waals surface area contributed by atoms with E-state index in [2.05, 4.69) is 5.10 Å². The number of carbonyl (C=O) groups is 1. The highest BCUT2D eigenvalue weighted by molar-refractivity contribution is 6.32. The lowest BCUT2D eigenvalue weighted by atomic mass is 10.2. The Morgan fingerprint density at radius 3 is 2.68 bits per heavy atom. The van der Waals surface area contributed by atoms with Crippen LogP contribution < -0.4 is 0 Å². The lowest BCUT2D eigenvalue weighted by Gasteiger charge is -2.06. The van der Waals surface area contributed by atoms with Crippen LogP contribution in [0.5, 0.6) is 0 Å². The van der Waals surface area contributed by atoms with Crippen LogP contribution in [0, 0.1) is 0 Å². The summed E-state index contributed by atoms with van der Waals surface area (Å²) in [6.07, 6.45) is 1.49. The highest BCUT2D eigenvalue weighted by Gasteiger charge is 2.15. The molecule has 0 saturated carbocycles. The van der Waals surface area contributed by atoms with Gasteiger partial charge in [0.2, 0.25) is 0 Å². The zero-order chi connectivity index (χ0) is 14.0. The maximum Gasteiger partial charge on any atom is 0.335 e. The minimum Gasteiger partial charge on any atom is -0.478 e. The van der Waals surface area contributed by atoms with Crippen molar-refractivity contribution < 1.29 is 9.90 Å². The molecule has 0 radical (unpaired) electrons. The lowest BCUT2D eigenvalue weighted by molar-refractivity contribution is 0.0697. The summed E-state index contributed by atoms with van der Waals surface area (Å²) in [4.78, 5) is 11.0. The lowest BCUT2D eigenvalue weighted by Crippen LogP contribution is -2.04. The third kappa shape index (κ3) is 2.49. The number of carboxylic acid groups (broad SMARTS) is 1. The molecule has 1 N–H and O–H groups in total. The number of carboxylic acids is 1. The summed E-state index contributed by atoms with van der Waals surface area (Å²) in [6.45, 7) is 3.99. The number of halogens is 1. The largest absolute Gasteiger partial charge is 0.478 e. The molecular formula is C14H15ClN2O2. The first-order chi connectivity index (χ1) is 9.08. The third-order valence-corrected chi connectivity index (χ3v) is 3.43. The maximum absolute atomic E-state index is 11.0. The molecule has 0 saturated heterocycles. The van der Waals surface area contributed by atoms with Gasteiger partial charge in [0.15, 0.2) is 0 Å². The highest BCUT2D eigenvalue weighted by atomic mass is 35.5. The van der Waals surface area contributed by atoms with Gasteiger partial charge in [-0.05, 0) is 31.0 Å². The van der Waals surface area contributed by atoms with Crippen molar-refractivity contribution in [2.24, 2.45) is 0 Å². The van der Waals surface area contributed by atoms with Gasteiger partial charge in [0.05, 0.1) is 27.7 Å². The number of aromatic nitrogens is 2. The van der Waals surface area contributed by atoms with Crippen LogP contribution in [-0.2, 0) is 12.8 Å². The van der Waals surface area contributed by atoms with Crippen LogP contribution >= 0.6 is 11.6 Å². The average Bonchev–Trinajstić information content (AvgIpc) is 2.75. The number of aromatic carboxylic acids is 1. The zero-order valence-corrected chi connectivity index (χ0v) is 11.6. The molecule has 0 unspecified atom stereocenters. The predicted octanol–water partition coefficient (Wildman–Crippen LogP) is 3.35. The van der Waals surface area contributed by atoms with Crippen LogP contribution in [-0.4, -0.2) is 20.9 Å². The van der Waals surface area contributed by atoms with Crippen molar-refractivity contribution in [3.63, 3.8) is 0 Å². The molecular weight excluding hydrogens is 264 g/mol. The Balaban J connectivity index is 2.58. The normalized spacial score (nSPS) is 10.7. The van der Waals surface area contributed by atoms with Crippen molar-refractivity contribution in [1.82, 2.24) is 9.78 Å². The number of aryl methyl sites for hydroxylation is 1. The minimum atomic E-state index is -0.950. The van der Waals surface area contributed by atoms with Gasteiger partial charge in [0.1, 0.15) is 0 Å². The van der Waals surface area contributed by atoms with Gasteiger partial charge in [0.25, 0.3) is 0 Å². The number of hydrogen-bond acceptors (Lipinski definition) is 2. The molecule has 0 fully saturated rings. The molecule has 19 heavy (non-hydrogen) atoms. The first kappa shape index (κ1) is 13.6. The minimum absolute atomic E-state index is 0.240. The summed E-state index contributed by atoms with van der Waals surface area (Å²) in [6, 6.07) is 6.70. The highest BCUT2D eigenvalue weighted by Crippen LogP contribution is 2.25. The van der Waals surface area contributed by atoms with E-state index in [9.17, 15) is 4.79 Å². The quantitative estimate of drug-likeness (QED) is 0.933. The fourth-order valence-electron chi connectivity index (χ4n) is 2.00. The number of benzene rings is 1. The zero-order valence-electron chi connectivity index (χ0n) is 10.9. The first-order valence-corrected chi connectivity index (χ1v) is 6.56. The molecule has 0 atom stereocenters. The van der Waals surface area contributed by atoms with E-state index >= 15 is 0 Å². The van der Waals surface area contributed by atoms with E-state index in [4.69, 9.17) is 16.7 Å². The van der Waals surface area contributed by atoms with Gasteiger partial charge in [0, 0.05) is 0 Å².